The second kappa shape index (κ2) is 6.83. The summed E-state index contributed by atoms with van der Waals surface area (Å²) in [6.07, 6.45) is 3.72. The summed E-state index contributed by atoms with van der Waals surface area (Å²) in [5.41, 5.74) is 1.35. The molecule has 0 aromatic carbocycles. The molecule has 0 bridgehead atoms. The molecule has 0 aliphatic carbocycles. The Kier molecular flexibility index (Phi) is 4.80. The second-order valence-electron chi connectivity index (χ2n) is 6.71. The van der Waals surface area contributed by atoms with Crippen LogP contribution in [0.25, 0.3) is 0 Å². The van der Waals surface area contributed by atoms with Crippen molar-refractivity contribution in [2.45, 2.75) is 52.2 Å². The summed E-state index contributed by atoms with van der Waals surface area (Å²) in [6, 6.07) is 1.79. The number of aryl methyl sites for hydroxylation is 1. The van der Waals surface area contributed by atoms with Crippen LogP contribution in [-0.2, 0) is 4.74 Å². The van der Waals surface area contributed by atoms with Gasteiger partial charge in [-0.3, -0.25) is 4.79 Å². The topological polar surface area (TPSA) is 58.6 Å². The quantitative estimate of drug-likeness (QED) is 0.835. The molecule has 1 aromatic heterocycles. The van der Waals surface area contributed by atoms with Crippen LogP contribution in [0.4, 0.5) is 5.95 Å². The van der Waals surface area contributed by atoms with Crippen molar-refractivity contribution in [2.24, 2.45) is 0 Å². The van der Waals surface area contributed by atoms with E-state index in [0.29, 0.717) is 24.7 Å². The summed E-state index contributed by atoms with van der Waals surface area (Å²) in [6.45, 7) is 9.11. The maximum absolute atomic E-state index is 12.8. The van der Waals surface area contributed by atoms with E-state index in [4.69, 9.17) is 4.74 Å². The molecule has 2 aliphatic heterocycles. The molecular formula is C17H26N4O2. The number of piperidine rings is 1. The fraction of sp³-hybridized carbons (Fsp3) is 0.706. The van der Waals surface area contributed by atoms with Crippen LogP contribution in [-0.4, -0.2) is 59.2 Å². The molecule has 0 spiro atoms. The van der Waals surface area contributed by atoms with Gasteiger partial charge in [0.05, 0.1) is 12.2 Å². The Hall–Kier alpha value is -1.69. The normalized spacial score (nSPS) is 25.5. The number of hydrogen-bond acceptors (Lipinski definition) is 5. The molecule has 3 heterocycles. The van der Waals surface area contributed by atoms with E-state index < -0.39 is 0 Å². The highest BCUT2D eigenvalue weighted by Gasteiger charge is 2.28. The number of nitrogens with zero attached hydrogens (tertiary/aromatic N) is 4. The highest BCUT2D eigenvalue weighted by atomic mass is 16.5. The van der Waals surface area contributed by atoms with Gasteiger partial charge in [0.15, 0.2) is 0 Å². The van der Waals surface area contributed by atoms with Gasteiger partial charge < -0.3 is 14.5 Å². The maximum atomic E-state index is 12.8. The predicted molar refractivity (Wildman–Crippen MR) is 88.7 cm³/mol. The minimum absolute atomic E-state index is 0.0178. The minimum Gasteiger partial charge on any atom is -0.372 e. The average molecular weight is 318 g/mol. The van der Waals surface area contributed by atoms with Crippen molar-refractivity contribution in [3.05, 3.63) is 17.5 Å². The third kappa shape index (κ3) is 3.80. The van der Waals surface area contributed by atoms with E-state index in [1.807, 2.05) is 25.7 Å². The highest BCUT2D eigenvalue weighted by Crippen LogP contribution is 2.19. The van der Waals surface area contributed by atoms with Gasteiger partial charge in [-0.1, -0.05) is 0 Å². The summed E-state index contributed by atoms with van der Waals surface area (Å²) in [7, 11) is 0. The van der Waals surface area contributed by atoms with Gasteiger partial charge in [0.25, 0.3) is 5.91 Å². The zero-order valence-corrected chi connectivity index (χ0v) is 14.3. The smallest absolute Gasteiger partial charge is 0.272 e. The first-order chi connectivity index (χ1) is 11.0. The number of anilines is 1. The first-order valence-electron chi connectivity index (χ1n) is 8.58. The fourth-order valence-electron chi connectivity index (χ4n) is 3.40. The van der Waals surface area contributed by atoms with Crippen LogP contribution < -0.4 is 4.90 Å². The van der Waals surface area contributed by atoms with Crippen molar-refractivity contribution in [1.29, 1.82) is 0 Å². The van der Waals surface area contributed by atoms with Gasteiger partial charge in [0, 0.05) is 31.9 Å². The number of carbonyl (C=O) groups excluding carboxylic acids is 1. The van der Waals surface area contributed by atoms with Crippen molar-refractivity contribution < 1.29 is 9.53 Å². The van der Waals surface area contributed by atoms with Gasteiger partial charge >= 0.3 is 0 Å². The molecule has 3 rings (SSSR count). The van der Waals surface area contributed by atoms with Gasteiger partial charge in [-0.15, -0.1) is 0 Å². The van der Waals surface area contributed by atoms with E-state index in [-0.39, 0.29) is 18.1 Å². The Labute approximate surface area is 137 Å². The highest BCUT2D eigenvalue weighted by molar-refractivity contribution is 5.92. The van der Waals surface area contributed by atoms with Gasteiger partial charge in [-0.25, -0.2) is 9.97 Å². The van der Waals surface area contributed by atoms with Gasteiger partial charge in [-0.05, 0) is 46.1 Å². The SMILES string of the molecule is Cc1cc(C(=O)N2C[C@@H](C)O[C@H](C)C2)nc(N2CCCCC2)n1. The average Bonchev–Trinajstić information content (AvgIpc) is 2.53. The molecule has 6 nitrogen and oxygen atoms in total. The lowest BCUT2D eigenvalue weighted by atomic mass is 10.1. The monoisotopic (exact) mass is 318 g/mol. The lowest BCUT2D eigenvalue weighted by molar-refractivity contribution is -0.0587. The number of hydrogen-bond donors (Lipinski definition) is 0. The second-order valence-corrected chi connectivity index (χ2v) is 6.71. The number of amides is 1. The Morgan fingerprint density at radius 1 is 1.13 bits per heavy atom. The number of morpholine rings is 1. The molecule has 1 amide bonds. The Morgan fingerprint density at radius 3 is 2.43 bits per heavy atom. The molecule has 2 saturated heterocycles. The first-order valence-corrected chi connectivity index (χ1v) is 8.58. The van der Waals surface area contributed by atoms with E-state index in [1.54, 1.807) is 6.07 Å². The number of ether oxygens (including phenoxy) is 1. The molecule has 0 unspecified atom stereocenters. The Balaban J connectivity index is 1.81. The molecule has 0 radical (unpaired) electrons. The van der Waals surface area contributed by atoms with Gasteiger partial charge in [0.2, 0.25) is 5.95 Å². The number of carbonyl (C=O) groups is 1. The van der Waals surface area contributed by atoms with Crippen LogP contribution in [0.5, 0.6) is 0 Å². The molecule has 2 aliphatic rings. The standard InChI is InChI=1S/C17H26N4O2/c1-12-9-15(16(22)21-10-13(2)23-14(3)11-21)19-17(18-12)20-7-5-4-6-8-20/h9,13-14H,4-8,10-11H2,1-3H3/t13-,14-/m1/s1. The number of rotatable bonds is 2. The van der Waals surface area contributed by atoms with E-state index in [0.717, 1.165) is 18.8 Å². The molecule has 2 fully saturated rings. The van der Waals surface area contributed by atoms with E-state index in [1.165, 1.54) is 19.3 Å². The summed E-state index contributed by atoms with van der Waals surface area (Å²) in [5, 5.41) is 0. The van der Waals surface area contributed by atoms with Gasteiger partial charge in [-0.2, -0.15) is 0 Å². The summed E-state index contributed by atoms with van der Waals surface area (Å²) in [5.74, 6) is 0.679. The molecule has 1 aromatic rings. The van der Waals surface area contributed by atoms with Crippen LogP contribution in [0.1, 0.15) is 49.3 Å². The fourth-order valence-corrected chi connectivity index (χ4v) is 3.40. The van der Waals surface area contributed by atoms with Gasteiger partial charge in [0.1, 0.15) is 5.69 Å². The largest absolute Gasteiger partial charge is 0.372 e. The number of aromatic nitrogens is 2. The maximum Gasteiger partial charge on any atom is 0.272 e. The van der Waals surface area contributed by atoms with E-state index >= 15 is 0 Å². The lowest BCUT2D eigenvalue weighted by Gasteiger charge is -2.35. The summed E-state index contributed by atoms with van der Waals surface area (Å²) >= 11 is 0. The molecular weight excluding hydrogens is 292 g/mol. The van der Waals surface area contributed by atoms with Crippen LogP contribution >= 0.6 is 0 Å². The minimum atomic E-state index is -0.0178. The Morgan fingerprint density at radius 2 is 1.78 bits per heavy atom. The zero-order valence-electron chi connectivity index (χ0n) is 14.3. The van der Waals surface area contributed by atoms with E-state index in [2.05, 4.69) is 14.9 Å². The zero-order chi connectivity index (χ0) is 16.4. The third-order valence-electron chi connectivity index (χ3n) is 4.41. The predicted octanol–water partition coefficient (Wildman–Crippen LogP) is 2.02. The molecule has 2 atom stereocenters. The molecule has 0 saturated carbocycles. The molecule has 6 heteroatoms. The summed E-state index contributed by atoms with van der Waals surface area (Å²) in [4.78, 5) is 26.0. The van der Waals surface area contributed by atoms with Crippen LogP contribution in [0, 0.1) is 6.92 Å². The van der Waals surface area contributed by atoms with Crippen molar-refractivity contribution in [1.82, 2.24) is 14.9 Å². The van der Waals surface area contributed by atoms with Crippen LogP contribution in [0.15, 0.2) is 6.07 Å². The van der Waals surface area contributed by atoms with Crippen LogP contribution in [0.2, 0.25) is 0 Å². The van der Waals surface area contributed by atoms with Crippen molar-refractivity contribution >= 4 is 11.9 Å². The summed E-state index contributed by atoms with van der Waals surface area (Å²) < 4.78 is 5.71. The molecule has 0 N–H and O–H groups in total. The first kappa shape index (κ1) is 16.2. The molecule has 126 valence electrons. The Bertz CT molecular complexity index is 562. The van der Waals surface area contributed by atoms with Crippen molar-refractivity contribution in [3.63, 3.8) is 0 Å². The lowest BCUT2D eigenvalue weighted by Crippen LogP contribution is -2.48. The van der Waals surface area contributed by atoms with Crippen LogP contribution in [0.3, 0.4) is 0 Å². The van der Waals surface area contributed by atoms with E-state index in [9.17, 15) is 4.79 Å². The molecule has 23 heavy (non-hydrogen) atoms. The third-order valence-corrected chi connectivity index (χ3v) is 4.41. The van der Waals surface area contributed by atoms with Crippen molar-refractivity contribution in [2.75, 3.05) is 31.1 Å². The van der Waals surface area contributed by atoms with Crippen molar-refractivity contribution in [3.8, 4) is 0 Å².